The van der Waals surface area contributed by atoms with Crippen LogP contribution in [0.5, 0.6) is 0 Å². The van der Waals surface area contributed by atoms with Crippen molar-refractivity contribution in [2.45, 2.75) is 24.7 Å². The number of nitrogens with one attached hydrogen (secondary N) is 1. The average molecular weight is 261 g/mol. The summed E-state index contributed by atoms with van der Waals surface area (Å²) in [6.07, 6.45) is 2.02. The van der Waals surface area contributed by atoms with Crippen molar-refractivity contribution in [2.24, 2.45) is 0 Å². The third-order valence-electron chi connectivity index (χ3n) is 3.46. The third-order valence-corrected chi connectivity index (χ3v) is 5.06. The number of rotatable bonds is 3. The van der Waals surface area contributed by atoms with Crippen molar-refractivity contribution in [3.63, 3.8) is 0 Å². The highest BCUT2D eigenvalue weighted by Crippen LogP contribution is 2.34. The van der Waals surface area contributed by atoms with Crippen molar-refractivity contribution in [3.05, 3.63) is 41.5 Å². The Morgan fingerprint density at radius 3 is 2.56 bits per heavy atom. The predicted octanol–water partition coefficient (Wildman–Crippen LogP) is 2.24. The predicted molar refractivity (Wildman–Crippen MR) is 72.2 cm³/mol. The topological polar surface area (TPSA) is 46.2 Å². The molecule has 0 spiro atoms. The fourth-order valence-corrected chi connectivity index (χ4v) is 3.96. The summed E-state index contributed by atoms with van der Waals surface area (Å²) in [5.74, 6) is 0. The van der Waals surface area contributed by atoms with Crippen molar-refractivity contribution < 1.29 is 8.42 Å². The molecule has 1 aliphatic rings. The minimum absolute atomic E-state index is 0.395. The molecule has 0 aliphatic heterocycles. The summed E-state index contributed by atoms with van der Waals surface area (Å²) in [4.78, 5) is 0.395. The zero-order valence-electron chi connectivity index (χ0n) is 10.2. The lowest BCUT2D eigenvalue weighted by atomic mass is 10.1. The molecule has 3 rings (SSSR count). The van der Waals surface area contributed by atoms with E-state index in [1.54, 1.807) is 13.0 Å². The van der Waals surface area contributed by atoms with E-state index in [1.165, 1.54) is 11.1 Å². The van der Waals surface area contributed by atoms with Crippen LogP contribution < -0.4 is 4.72 Å². The molecule has 2 aromatic carbocycles. The van der Waals surface area contributed by atoms with Crippen LogP contribution in [0.4, 0.5) is 0 Å². The fourth-order valence-electron chi connectivity index (χ4n) is 2.72. The van der Waals surface area contributed by atoms with Gasteiger partial charge in [-0.05, 0) is 35.4 Å². The Hall–Kier alpha value is -1.39. The largest absolute Gasteiger partial charge is 0.241 e. The molecule has 0 saturated heterocycles. The maximum atomic E-state index is 12.2. The summed E-state index contributed by atoms with van der Waals surface area (Å²) in [7, 11) is -3.39. The first-order valence-corrected chi connectivity index (χ1v) is 7.65. The second-order valence-corrected chi connectivity index (χ2v) is 6.30. The van der Waals surface area contributed by atoms with Gasteiger partial charge in [0.2, 0.25) is 10.0 Å². The highest BCUT2D eigenvalue weighted by Gasteiger charge is 2.21. The van der Waals surface area contributed by atoms with Crippen molar-refractivity contribution in [1.82, 2.24) is 4.72 Å². The van der Waals surface area contributed by atoms with E-state index in [4.69, 9.17) is 0 Å². The van der Waals surface area contributed by atoms with Gasteiger partial charge in [0.05, 0.1) is 4.90 Å². The Morgan fingerprint density at radius 2 is 1.83 bits per heavy atom. The van der Waals surface area contributed by atoms with E-state index in [1.807, 2.05) is 18.2 Å². The van der Waals surface area contributed by atoms with Gasteiger partial charge < -0.3 is 0 Å². The Morgan fingerprint density at radius 1 is 1.11 bits per heavy atom. The molecule has 1 N–H and O–H groups in total. The Kier molecular flexibility index (Phi) is 2.64. The van der Waals surface area contributed by atoms with Crippen molar-refractivity contribution in [1.29, 1.82) is 0 Å². The highest BCUT2D eigenvalue weighted by atomic mass is 32.2. The molecule has 18 heavy (non-hydrogen) atoms. The van der Waals surface area contributed by atoms with Gasteiger partial charge in [-0.3, -0.25) is 0 Å². The Labute approximate surface area is 107 Å². The fraction of sp³-hybridized carbons (Fsp3) is 0.286. The molecule has 3 nitrogen and oxygen atoms in total. The van der Waals surface area contributed by atoms with Crippen LogP contribution >= 0.6 is 0 Å². The summed E-state index contributed by atoms with van der Waals surface area (Å²) in [5, 5.41) is 1.99. The maximum Gasteiger partial charge on any atom is 0.241 e. The molecule has 0 aromatic heterocycles. The van der Waals surface area contributed by atoms with Crippen LogP contribution in [0.1, 0.15) is 18.1 Å². The molecule has 0 heterocycles. The summed E-state index contributed by atoms with van der Waals surface area (Å²) >= 11 is 0. The minimum atomic E-state index is -3.39. The maximum absolute atomic E-state index is 12.2. The monoisotopic (exact) mass is 261 g/mol. The lowest BCUT2D eigenvalue weighted by molar-refractivity contribution is 0.585. The molecule has 0 radical (unpaired) electrons. The lowest BCUT2D eigenvalue weighted by Gasteiger charge is -2.09. The first-order valence-electron chi connectivity index (χ1n) is 6.16. The van der Waals surface area contributed by atoms with Gasteiger partial charge in [0.25, 0.3) is 0 Å². The number of hydrogen-bond donors (Lipinski definition) is 1. The molecule has 0 amide bonds. The van der Waals surface area contributed by atoms with Crippen LogP contribution in [-0.2, 0) is 22.9 Å². The Bertz CT molecular complexity index is 710. The van der Waals surface area contributed by atoms with E-state index in [-0.39, 0.29) is 0 Å². The normalized spacial score (nSPS) is 14.3. The SMILES string of the molecule is CCNS(=O)(=O)c1ccc2c3c(cccc13)CC2. The molecule has 2 aromatic rings. The summed E-state index contributed by atoms with van der Waals surface area (Å²) in [5.41, 5.74) is 2.52. The zero-order chi connectivity index (χ0) is 12.8. The van der Waals surface area contributed by atoms with Gasteiger partial charge in [-0.1, -0.05) is 31.2 Å². The van der Waals surface area contributed by atoms with E-state index in [0.717, 1.165) is 23.6 Å². The molecule has 4 heteroatoms. The van der Waals surface area contributed by atoms with Gasteiger partial charge >= 0.3 is 0 Å². The van der Waals surface area contributed by atoms with Crippen LogP contribution in [0.25, 0.3) is 10.8 Å². The molecular formula is C14H15NO2S. The van der Waals surface area contributed by atoms with E-state index >= 15 is 0 Å². The van der Waals surface area contributed by atoms with Gasteiger partial charge in [0.1, 0.15) is 0 Å². The van der Waals surface area contributed by atoms with Gasteiger partial charge in [0, 0.05) is 11.9 Å². The van der Waals surface area contributed by atoms with Gasteiger partial charge in [0.15, 0.2) is 0 Å². The molecular weight excluding hydrogens is 246 g/mol. The minimum Gasteiger partial charge on any atom is -0.211 e. The smallest absolute Gasteiger partial charge is 0.211 e. The standard InChI is InChI=1S/C14H15NO2S/c1-2-15-18(16,17)13-9-8-11-7-6-10-4-3-5-12(13)14(10)11/h3-5,8-9,15H,2,6-7H2,1H3. The average Bonchev–Trinajstić information content (AvgIpc) is 2.75. The third kappa shape index (κ3) is 1.64. The second-order valence-electron chi connectivity index (χ2n) is 4.56. The molecule has 1 aliphatic carbocycles. The molecule has 94 valence electrons. The quantitative estimate of drug-likeness (QED) is 0.921. The molecule has 0 unspecified atom stereocenters. The number of benzene rings is 2. The van der Waals surface area contributed by atoms with E-state index < -0.39 is 10.0 Å². The number of aryl methyl sites for hydroxylation is 2. The molecule has 0 atom stereocenters. The van der Waals surface area contributed by atoms with Crippen molar-refractivity contribution >= 4 is 20.8 Å². The van der Waals surface area contributed by atoms with E-state index in [2.05, 4.69) is 10.8 Å². The van der Waals surface area contributed by atoms with E-state index in [0.29, 0.717) is 11.4 Å². The lowest BCUT2D eigenvalue weighted by Crippen LogP contribution is -2.23. The van der Waals surface area contributed by atoms with Gasteiger partial charge in [-0.2, -0.15) is 0 Å². The van der Waals surface area contributed by atoms with Crippen molar-refractivity contribution in [2.75, 3.05) is 6.54 Å². The van der Waals surface area contributed by atoms with Crippen molar-refractivity contribution in [3.8, 4) is 0 Å². The molecule has 0 saturated carbocycles. The van der Waals surface area contributed by atoms with Crippen LogP contribution in [-0.4, -0.2) is 15.0 Å². The zero-order valence-corrected chi connectivity index (χ0v) is 11.0. The van der Waals surface area contributed by atoms with Crippen LogP contribution in [0.3, 0.4) is 0 Å². The van der Waals surface area contributed by atoms with Crippen LogP contribution in [0, 0.1) is 0 Å². The van der Waals surface area contributed by atoms with Crippen LogP contribution in [0.2, 0.25) is 0 Å². The van der Waals surface area contributed by atoms with Crippen LogP contribution in [0.15, 0.2) is 35.2 Å². The summed E-state index contributed by atoms with van der Waals surface area (Å²) < 4.78 is 26.9. The number of hydrogen-bond acceptors (Lipinski definition) is 2. The summed E-state index contributed by atoms with van der Waals surface area (Å²) in [6, 6.07) is 9.60. The molecule has 0 fully saturated rings. The van der Waals surface area contributed by atoms with Gasteiger partial charge in [-0.15, -0.1) is 0 Å². The first kappa shape index (κ1) is 11.7. The Balaban J connectivity index is 2.34. The van der Waals surface area contributed by atoms with E-state index in [9.17, 15) is 8.42 Å². The first-order chi connectivity index (χ1) is 8.63. The summed E-state index contributed by atoms with van der Waals surface area (Å²) in [6.45, 7) is 2.20. The molecule has 0 bridgehead atoms. The number of sulfonamides is 1. The second kappa shape index (κ2) is 4.07. The highest BCUT2D eigenvalue weighted by molar-refractivity contribution is 7.89. The van der Waals surface area contributed by atoms with Gasteiger partial charge in [-0.25, -0.2) is 13.1 Å².